The van der Waals surface area contributed by atoms with Gasteiger partial charge in [0.2, 0.25) is 0 Å². The number of hydrogen-bond donors (Lipinski definition) is 1. The van der Waals surface area contributed by atoms with Crippen LogP contribution in [0.5, 0.6) is 0 Å². The highest BCUT2D eigenvalue weighted by Crippen LogP contribution is 2.35. The fourth-order valence-electron chi connectivity index (χ4n) is 2.87. The summed E-state index contributed by atoms with van der Waals surface area (Å²) in [4.78, 5) is 2.40. The SMILES string of the molecule is CCc1ccccc1CNCC1(N(C)C)CCC1. The summed E-state index contributed by atoms with van der Waals surface area (Å²) in [5.74, 6) is 0. The summed E-state index contributed by atoms with van der Waals surface area (Å²) < 4.78 is 0. The van der Waals surface area contributed by atoms with Gasteiger partial charge in [0.15, 0.2) is 0 Å². The lowest BCUT2D eigenvalue weighted by molar-refractivity contribution is 0.0598. The second-order valence-electron chi connectivity index (χ2n) is 5.70. The molecule has 100 valence electrons. The van der Waals surface area contributed by atoms with E-state index in [1.165, 1.54) is 30.4 Å². The van der Waals surface area contributed by atoms with Gasteiger partial charge in [0.25, 0.3) is 0 Å². The summed E-state index contributed by atoms with van der Waals surface area (Å²) in [6.07, 6.45) is 5.17. The minimum absolute atomic E-state index is 0.418. The van der Waals surface area contributed by atoms with Crippen molar-refractivity contribution in [1.29, 1.82) is 0 Å². The Kier molecular flexibility index (Phi) is 4.41. The van der Waals surface area contributed by atoms with E-state index in [4.69, 9.17) is 0 Å². The summed E-state index contributed by atoms with van der Waals surface area (Å²) in [6, 6.07) is 8.76. The van der Waals surface area contributed by atoms with Crippen LogP contribution in [0.3, 0.4) is 0 Å². The molecular weight excluding hydrogens is 220 g/mol. The van der Waals surface area contributed by atoms with Crippen molar-refractivity contribution in [3.05, 3.63) is 35.4 Å². The van der Waals surface area contributed by atoms with Gasteiger partial charge in [-0.1, -0.05) is 31.2 Å². The zero-order valence-electron chi connectivity index (χ0n) is 12.0. The molecule has 0 atom stereocenters. The zero-order valence-corrected chi connectivity index (χ0v) is 12.0. The molecule has 1 N–H and O–H groups in total. The van der Waals surface area contributed by atoms with E-state index in [0.29, 0.717) is 5.54 Å². The average molecular weight is 246 g/mol. The van der Waals surface area contributed by atoms with Crippen LogP contribution < -0.4 is 5.32 Å². The van der Waals surface area contributed by atoms with Crippen LogP contribution in [0, 0.1) is 0 Å². The van der Waals surface area contributed by atoms with Gasteiger partial charge in [-0.2, -0.15) is 0 Å². The molecule has 1 aromatic carbocycles. The van der Waals surface area contributed by atoms with Crippen LogP contribution in [0.2, 0.25) is 0 Å². The van der Waals surface area contributed by atoms with E-state index in [2.05, 4.69) is 55.5 Å². The van der Waals surface area contributed by atoms with E-state index >= 15 is 0 Å². The number of nitrogens with zero attached hydrogens (tertiary/aromatic N) is 1. The smallest absolute Gasteiger partial charge is 0.0328 e. The van der Waals surface area contributed by atoms with Crippen molar-refractivity contribution in [2.75, 3.05) is 20.6 Å². The Labute approximate surface area is 111 Å². The number of benzene rings is 1. The second kappa shape index (κ2) is 5.85. The van der Waals surface area contributed by atoms with Crippen molar-refractivity contribution < 1.29 is 0 Å². The standard InChI is InChI=1S/C16H26N2/c1-4-14-8-5-6-9-15(14)12-17-13-16(18(2)3)10-7-11-16/h5-6,8-9,17H,4,7,10-13H2,1-3H3. The third-order valence-electron chi connectivity index (χ3n) is 4.50. The number of nitrogens with one attached hydrogen (secondary N) is 1. The van der Waals surface area contributed by atoms with Crippen molar-refractivity contribution in [1.82, 2.24) is 10.2 Å². The van der Waals surface area contributed by atoms with Crippen LogP contribution >= 0.6 is 0 Å². The fourth-order valence-corrected chi connectivity index (χ4v) is 2.87. The Balaban J connectivity index is 1.88. The first kappa shape index (κ1) is 13.6. The van der Waals surface area contributed by atoms with Crippen LogP contribution in [-0.4, -0.2) is 31.1 Å². The number of aryl methyl sites for hydroxylation is 1. The lowest BCUT2D eigenvalue weighted by atomic mass is 9.75. The van der Waals surface area contributed by atoms with Crippen molar-refractivity contribution >= 4 is 0 Å². The van der Waals surface area contributed by atoms with Gasteiger partial charge in [0.05, 0.1) is 0 Å². The van der Waals surface area contributed by atoms with Gasteiger partial charge in [-0.15, -0.1) is 0 Å². The molecule has 0 spiro atoms. The Bertz CT molecular complexity index is 380. The molecule has 0 aromatic heterocycles. The van der Waals surface area contributed by atoms with E-state index in [1.54, 1.807) is 0 Å². The van der Waals surface area contributed by atoms with E-state index in [1.807, 2.05) is 0 Å². The normalized spacial score (nSPS) is 17.8. The van der Waals surface area contributed by atoms with Crippen LogP contribution in [0.1, 0.15) is 37.3 Å². The molecule has 0 amide bonds. The molecule has 1 aromatic rings. The van der Waals surface area contributed by atoms with E-state index in [9.17, 15) is 0 Å². The van der Waals surface area contributed by atoms with Gasteiger partial charge in [-0.25, -0.2) is 0 Å². The lowest BCUT2D eigenvalue weighted by Gasteiger charge is -2.47. The molecule has 2 heteroatoms. The van der Waals surface area contributed by atoms with Gasteiger partial charge in [0, 0.05) is 18.6 Å². The first-order valence-electron chi connectivity index (χ1n) is 7.13. The van der Waals surface area contributed by atoms with E-state index < -0.39 is 0 Å². The molecule has 0 aliphatic heterocycles. The third-order valence-corrected chi connectivity index (χ3v) is 4.50. The maximum Gasteiger partial charge on any atom is 0.0328 e. The third kappa shape index (κ3) is 2.76. The van der Waals surface area contributed by atoms with Gasteiger partial charge in [0.1, 0.15) is 0 Å². The van der Waals surface area contributed by atoms with Crippen LogP contribution in [0.15, 0.2) is 24.3 Å². The molecular formula is C16H26N2. The van der Waals surface area contributed by atoms with E-state index in [0.717, 1.165) is 19.5 Å². The topological polar surface area (TPSA) is 15.3 Å². The van der Waals surface area contributed by atoms with Crippen LogP contribution in [-0.2, 0) is 13.0 Å². The van der Waals surface area contributed by atoms with Crippen LogP contribution in [0.25, 0.3) is 0 Å². The minimum atomic E-state index is 0.418. The molecule has 18 heavy (non-hydrogen) atoms. The van der Waals surface area contributed by atoms with Crippen molar-refractivity contribution in [2.45, 2.75) is 44.7 Å². The summed E-state index contributed by atoms with van der Waals surface area (Å²) >= 11 is 0. The molecule has 2 nitrogen and oxygen atoms in total. The zero-order chi connectivity index (χ0) is 13.0. The second-order valence-corrected chi connectivity index (χ2v) is 5.70. The van der Waals surface area contributed by atoms with Gasteiger partial charge < -0.3 is 10.2 Å². The highest BCUT2D eigenvalue weighted by Gasteiger charge is 2.38. The molecule has 0 bridgehead atoms. The quantitative estimate of drug-likeness (QED) is 0.830. The lowest BCUT2D eigenvalue weighted by Crippen LogP contribution is -2.56. The summed E-state index contributed by atoms with van der Waals surface area (Å²) in [6.45, 7) is 4.34. The van der Waals surface area contributed by atoms with Crippen molar-refractivity contribution in [3.8, 4) is 0 Å². The molecule has 1 aliphatic carbocycles. The van der Waals surface area contributed by atoms with Gasteiger partial charge in [-0.3, -0.25) is 0 Å². The molecule has 1 fully saturated rings. The Morgan fingerprint density at radius 1 is 1.17 bits per heavy atom. The number of hydrogen-bond acceptors (Lipinski definition) is 2. The minimum Gasteiger partial charge on any atom is -0.311 e. The predicted octanol–water partition coefficient (Wildman–Crippen LogP) is 2.82. The molecule has 0 saturated heterocycles. The highest BCUT2D eigenvalue weighted by atomic mass is 15.2. The van der Waals surface area contributed by atoms with Crippen molar-refractivity contribution in [3.63, 3.8) is 0 Å². The summed E-state index contributed by atoms with van der Waals surface area (Å²) in [7, 11) is 4.42. The Morgan fingerprint density at radius 2 is 1.83 bits per heavy atom. The monoisotopic (exact) mass is 246 g/mol. The molecule has 0 radical (unpaired) electrons. The van der Waals surface area contributed by atoms with Gasteiger partial charge in [-0.05, 0) is 50.9 Å². The van der Waals surface area contributed by atoms with E-state index in [-0.39, 0.29) is 0 Å². The Morgan fingerprint density at radius 3 is 2.33 bits per heavy atom. The van der Waals surface area contributed by atoms with Gasteiger partial charge >= 0.3 is 0 Å². The van der Waals surface area contributed by atoms with Crippen molar-refractivity contribution in [2.24, 2.45) is 0 Å². The molecule has 0 heterocycles. The summed E-state index contributed by atoms with van der Waals surface area (Å²) in [5.41, 5.74) is 3.34. The number of likely N-dealkylation sites (N-methyl/N-ethyl adjacent to an activating group) is 1. The Hall–Kier alpha value is -0.860. The maximum absolute atomic E-state index is 3.66. The predicted molar refractivity (Wildman–Crippen MR) is 77.8 cm³/mol. The molecule has 2 rings (SSSR count). The highest BCUT2D eigenvalue weighted by molar-refractivity contribution is 5.26. The van der Waals surface area contributed by atoms with Crippen LogP contribution in [0.4, 0.5) is 0 Å². The fraction of sp³-hybridized carbons (Fsp3) is 0.625. The molecule has 1 aliphatic rings. The summed E-state index contributed by atoms with van der Waals surface area (Å²) in [5, 5.41) is 3.66. The first-order chi connectivity index (χ1) is 8.68. The average Bonchev–Trinajstić information content (AvgIpc) is 2.32. The molecule has 1 saturated carbocycles. The molecule has 0 unspecified atom stereocenters. The first-order valence-corrected chi connectivity index (χ1v) is 7.13. The maximum atomic E-state index is 3.66. The number of rotatable bonds is 6. The largest absolute Gasteiger partial charge is 0.311 e.